The summed E-state index contributed by atoms with van der Waals surface area (Å²) < 4.78 is 5.69. The van der Waals surface area contributed by atoms with E-state index in [9.17, 15) is 9.59 Å². The summed E-state index contributed by atoms with van der Waals surface area (Å²) in [4.78, 5) is 28.1. The van der Waals surface area contributed by atoms with Crippen molar-refractivity contribution in [2.75, 3.05) is 18.1 Å². The van der Waals surface area contributed by atoms with Gasteiger partial charge in [0.25, 0.3) is 0 Å². The first kappa shape index (κ1) is 24.8. The minimum absolute atomic E-state index is 0.272. The van der Waals surface area contributed by atoms with Gasteiger partial charge in [-0.1, -0.05) is 75.4 Å². The highest BCUT2D eigenvalue weighted by Crippen LogP contribution is 2.39. The average molecular weight is 473 g/mol. The second-order valence-corrected chi connectivity index (χ2v) is 10.6. The Morgan fingerprint density at radius 1 is 1.00 bits per heavy atom. The van der Waals surface area contributed by atoms with E-state index in [2.05, 4.69) is 20.8 Å². The fraction of sp³-hybridized carbons (Fsp3) is 0.400. The maximum atomic E-state index is 13.2. The number of carbonyl (C=O) groups excluding carboxylic acids is 2. The summed E-state index contributed by atoms with van der Waals surface area (Å²) in [5, 5.41) is 2.04. The Kier molecular flexibility index (Phi) is 7.44. The topological polar surface area (TPSA) is 72.6 Å². The van der Waals surface area contributed by atoms with Crippen molar-refractivity contribution in [2.45, 2.75) is 58.9 Å². The standard InChI is InChI=1S/C30H36N2O3/c1-30(2,3)18-6-7-20-35-29(34)25-17-9-13-22-14-10-19-32(26(22)25)27(28(31)33)24-16-8-12-21-11-4-5-15-23(21)24/h4-5,8-9,11-13,15-17,27H,6-7,10,14,18-20H2,1-3H3,(H2,31,33). The van der Waals surface area contributed by atoms with Crippen LogP contribution in [0.2, 0.25) is 0 Å². The van der Waals surface area contributed by atoms with Gasteiger partial charge < -0.3 is 15.4 Å². The zero-order valence-corrected chi connectivity index (χ0v) is 21.0. The minimum atomic E-state index is -0.680. The number of rotatable bonds is 8. The van der Waals surface area contributed by atoms with Crippen molar-refractivity contribution in [3.05, 3.63) is 77.4 Å². The summed E-state index contributed by atoms with van der Waals surface area (Å²) >= 11 is 0. The summed E-state index contributed by atoms with van der Waals surface area (Å²) in [5.41, 5.74) is 9.48. The first-order valence-electron chi connectivity index (χ1n) is 12.6. The fourth-order valence-electron chi connectivity index (χ4n) is 5.07. The molecule has 0 aromatic heterocycles. The van der Waals surface area contributed by atoms with Crippen LogP contribution >= 0.6 is 0 Å². The van der Waals surface area contributed by atoms with Gasteiger partial charge in [-0.25, -0.2) is 4.79 Å². The number of carbonyl (C=O) groups is 2. The van der Waals surface area contributed by atoms with Crippen molar-refractivity contribution in [1.29, 1.82) is 0 Å². The normalized spacial score (nSPS) is 14.4. The Balaban J connectivity index is 1.64. The van der Waals surface area contributed by atoms with Crippen LogP contribution in [0.25, 0.3) is 10.8 Å². The number of esters is 1. The second-order valence-electron chi connectivity index (χ2n) is 10.6. The molecule has 35 heavy (non-hydrogen) atoms. The third-order valence-electron chi connectivity index (χ3n) is 6.73. The van der Waals surface area contributed by atoms with E-state index < -0.39 is 11.9 Å². The number of primary amides is 1. The first-order valence-corrected chi connectivity index (χ1v) is 12.6. The van der Waals surface area contributed by atoms with E-state index in [1.807, 2.05) is 59.5 Å². The van der Waals surface area contributed by atoms with E-state index in [0.717, 1.165) is 59.7 Å². The molecule has 5 nitrogen and oxygen atoms in total. The number of aryl methyl sites for hydroxylation is 1. The molecular formula is C30H36N2O3. The molecule has 1 heterocycles. The lowest BCUT2D eigenvalue weighted by molar-refractivity contribution is -0.119. The molecule has 0 spiro atoms. The van der Waals surface area contributed by atoms with Gasteiger partial charge in [0.05, 0.1) is 17.9 Å². The number of ether oxygens (including phenoxy) is 1. The van der Waals surface area contributed by atoms with Crippen LogP contribution in [-0.4, -0.2) is 25.0 Å². The summed E-state index contributed by atoms with van der Waals surface area (Å²) in [6, 6.07) is 19.0. The number of anilines is 1. The lowest BCUT2D eigenvalue weighted by Gasteiger charge is -2.38. The van der Waals surface area contributed by atoms with Crippen LogP contribution in [0.5, 0.6) is 0 Å². The van der Waals surface area contributed by atoms with Gasteiger partial charge in [-0.3, -0.25) is 4.79 Å². The van der Waals surface area contributed by atoms with Crippen molar-refractivity contribution >= 4 is 28.3 Å². The van der Waals surface area contributed by atoms with Crippen LogP contribution in [0.4, 0.5) is 5.69 Å². The van der Waals surface area contributed by atoms with Crippen molar-refractivity contribution in [2.24, 2.45) is 11.1 Å². The molecule has 0 radical (unpaired) electrons. The minimum Gasteiger partial charge on any atom is -0.462 e. The molecule has 2 N–H and O–H groups in total. The smallest absolute Gasteiger partial charge is 0.340 e. The van der Waals surface area contributed by atoms with Gasteiger partial charge in [-0.05, 0) is 65.5 Å². The molecule has 4 rings (SSSR count). The molecule has 1 atom stereocenters. The van der Waals surface area contributed by atoms with E-state index >= 15 is 0 Å². The molecule has 1 amide bonds. The van der Waals surface area contributed by atoms with Crippen LogP contribution in [0.15, 0.2) is 60.7 Å². The molecule has 0 saturated heterocycles. The zero-order chi connectivity index (χ0) is 25.0. The van der Waals surface area contributed by atoms with E-state index in [4.69, 9.17) is 10.5 Å². The Labute approximate surface area is 208 Å². The summed E-state index contributed by atoms with van der Waals surface area (Å²) in [7, 11) is 0. The molecule has 0 aliphatic carbocycles. The SMILES string of the molecule is CC(C)(C)CCCCOC(=O)c1cccc2c1N(C(C(N)=O)c1cccc3ccccc13)CCC2. The van der Waals surface area contributed by atoms with Crippen LogP contribution in [0.3, 0.4) is 0 Å². The van der Waals surface area contributed by atoms with Crippen LogP contribution in [-0.2, 0) is 16.0 Å². The third kappa shape index (κ3) is 5.67. The van der Waals surface area contributed by atoms with E-state index in [1.165, 1.54) is 0 Å². The van der Waals surface area contributed by atoms with Gasteiger partial charge in [0.15, 0.2) is 0 Å². The number of amides is 1. The number of fused-ring (bicyclic) bond motifs is 2. The second kappa shape index (κ2) is 10.5. The summed E-state index contributed by atoms with van der Waals surface area (Å²) in [6.07, 6.45) is 4.67. The van der Waals surface area contributed by atoms with Crippen molar-refractivity contribution < 1.29 is 14.3 Å². The maximum absolute atomic E-state index is 13.2. The molecule has 0 fully saturated rings. The van der Waals surface area contributed by atoms with Crippen molar-refractivity contribution in [3.63, 3.8) is 0 Å². The van der Waals surface area contributed by atoms with Crippen LogP contribution in [0, 0.1) is 5.41 Å². The Bertz CT molecular complexity index is 1210. The first-order chi connectivity index (χ1) is 16.8. The van der Waals surface area contributed by atoms with Gasteiger partial charge in [0.2, 0.25) is 5.91 Å². The highest BCUT2D eigenvalue weighted by Gasteiger charge is 2.33. The molecule has 1 unspecified atom stereocenters. The molecule has 3 aromatic rings. The van der Waals surface area contributed by atoms with E-state index in [-0.39, 0.29) is 11.4 Å². The van der Waals surface area contributed by atoms with Gasteiger partial charge in [-0.15, -0.1) is 0 Å². The Hall–Kier alpha value is -3.34. The Morgan fingerprint density at radius 2 is 1.74 bits per heavy atom. The molecule has 0 bridgehead atoms. The molecule has 5 heteroatoms. The molecule has 0 saturated carbocycles. The molecule has 184 valence electrons. The monoisotopic (exact) mass is 472 g/mol. The van der Waals surface area contributed by atoms with Gasteiger partial charge in [0.1, 0.15) is 6.04 Å². The summed E-state index contributed by atoms with van der Waals surface area (Å²) in [6.45, 7) is 7.68. The average Bonchev–Trinajstić information content (AvgIpc) is 2.83. The number of hydrogen-bond donors (Lipinski definition) is 1. The zero-order valence-electron chi connectivity index (χ0n) is 21.0. The molecular weight excluding hydrogens is 436 g/mol. The van der Waals surface area contributed by atoms with Gasteiger partial charge in [-0.2, -0.15) is 0 Å². The quantitative estimate of drug-likeness (QED) is 0.313. The highest BCUT2D eigenvalue weighted by atomic mass is 16.5. The molecule has 1 aliphatic rings. The van der Waals surface area contributed by atoms with E-state index in [1.54, 1.807) is 6.07 Å². The molecule has 3 aromatic carbocycles. The van der Waals surface area contributed by atoms with Crippen LogP contribution < -0.4 is 10.6 Å². The number of hydrogen-bond acceptors (Lipinski definition) is 4. The van der Waals surface area contributed by atoms with Crippen molar-refractivity contribution in [1.82, 2.24) is 0 Å². The highest BCUT2D eigenvalue weighted by molar-refractivity contribution is 6.00. The largest absolute Gasteiger partial charge is 0.462 e. The predicted molar refractivity (Wildman–Crippen MR) is 142 cm³/mol. The lowest BCUT2D eigenvalue weighted by atomic mass is 9.90. The van der Waals surface area contributed by atoms with E-state index in [0.29, 0.717) is 18.7 Å². The predicted octanol–water partition coefficient (Wildman–Crippen LogP) is 6.19. The number of unbranched alkanes of at least 4 members (excludes halogenated alkanes) is 1. The lowest BCUT2D eigenvalue weighted by Crippen LogP contribution is -2.41. The molecule has 1 aliphatic heterocycles. The fourth-order valence-corrected chi connectivity index (χ4v) is 5.07. The number of nitrogens with two attached hydrogens (primary N) is 1. The number of para-hydroxylation sites is 1. The van der Waals surface area contributed by atoms with Gasteiger partial charge in [0, 0.05) is 6.54 Å². The van der Waals surface area contributed by atoms with Crippen molar-refractivity contribution in [3.8, 4) is 0 Å². The Morgan fingerprint density at radius 3 is 2.51 bits per heavy atom. The maximum Gasteiger partial charge on any atom is 0.340 e. The number of nitrogens with zero attached hydrogens (tertiary/aromatic N) is 1. The number of benzene rings is 3. The van der Waals surface area contributed by atoms with Gasteiger partial charge >= 0.3 is 5.97 Å². The summed E-state index contributed by atoms with van der Waals surface area (Å²) in [5.74, 6) is -0.773. The van der Waals surface area contributed by atoms with Crippen LogP contribution in [0.1, 0.15) is 74.0 Å². The third-order valence-corrected chi connectivity index (χ3v) is 6.73.